The Morgan fingerprint density at radius 3 is 2.37 bits per heavy atom. The Morgan fingerprint density at radius 1 is 1.09 bits per heavy atom. The van der Waals surface area contributed by atoms with Crippen LogP contribution in [0.1, 0.15) is 35.7 Å². The maximum atomic E-state index is 13.6. The van der Waals surface area contributed by atoms with E-state index in [1.54, 1.807) is 54.8 Å². The minimum absolute atomic E-state index is 0.0228. The van der Waals surface area contributed by atoms with Crippen molar-refractivity contribution in [1.82, 2.24) is 19.2 Å². The van der Waals surface area contributed by atoms with Crippen molar-refractivity contribution in [3.63, 3.8) is 0 Å². The van der Waals surface area contributed by atoms with Crippen molar-refractivity contribution in [2.75, 3.05) is 27.2 Å². The number of benzene rings is 2. The Bertz CT molecular complexity index is 1260. The van der Waals surface area contributed by atoms with Gasteiger partial charge in [-0.2, -0.15) is 4.31 Å². The lowest BCUT2D eigenvalue weighted by Gasteiger charge is -2.35. The predicted octanol–water partition coefficient (Wildman–Crippen LogP) is 3.44. The number of aryl methyl sites for hydroxylation is 1. The number of carbonyl (C=O) groups excluding carboxylic acids is 1. The molecule has 4 rings (SSSR count). The van der Waals surface area contributed by atoms with Crippen molar-refractivity contribution in [2.24, 2.45) is 5.92 Å². The summed E-state index contributed by atoms with van der Waals surface area (Å²) in [4.78, 5) is 24.2. The summed E-state index contributed by atoms with van der Waals surface area (Å²) in [5, 5.41) is 0. The van der Waals surface area contributed by atoms with E-state index < -0.39 is 10.0 Å². The van der Waals surface area contributed by atoms with Crippen LogP contribution in [0.15, 0.2) is 72.0 Å². The van der Waals surface area contributed by atoms with Gasteiger partial charge in [-0.3, -0.25) is 14.8 Å². The zero-order valence-corrected chi connectivity index (χ0v) is 21.0. The Kier molecular flexibility index (Phi) is 7.47. The number of sulfonamides is 1. The Hall–Kier alpha value is -3.30. The summed E-state index contributed by atoms with van der Waals surface area (Å²) >= 11 is 0. The van der Waals surface area contributed by atoms with Gasteiger partial charge in [0, 0.05) is 38.4 Å². The number of nitrogens with zero attached hydrogens (tertiary/aromatic N) is 4. The summed E-state index contributed by atoms with van der Waals surface area (Å²) in [6.45, 7) is 2.59. The number of piperidine rings is 1. The molecule has 1 aliphatic heterocycles. The molecule has 0 bridgehead atoms. The number of amides is 1. The molecule has 184 valence electrons. The summed E-state index contributed by atoms with van der Waals surface area (Å²) in [5.74, 6) is 0.304. The number of rotatable bonds is 7. The van der Waals surface area contributed by atoms with Crippen LogP contribution in [0.3, 0.4) is 0 Å². The van der Waals surface area contributed by atoms with Crippen LogP contribution in [-0.2, 0) is 14.8 Å². The van der Waals surface area contributed by atoms with Crippen LogP contribution in [-0.4, -0.2) is 60.7 Å². The molecule has 1 aliphatic rings. The molecule has 8 nitrogen and oxygen atoms in total. The SMILES string of the molecule is COc1ccc(S(=O)(=O)N2CCC(C(=O)N(C)C(c3cnccn3)c3ccccc3C)CC2)cc1. The van der Waals surface area contributed by atoms with E-state index in [1.807, 2.05) is 31.2 Å². The molecule has 1 fully saturated rings. The molecule has 3 aromatic rings. The van der Waals surface area contributed by atoms with Gasteiger partial charge in [0.1, 0.15) is 11.8 Å². The molecule has 2 aromatic carbocycles. The van der Waals surface area contributed by atoms with Crippen molar-refractivity contribution in [3.05, 3.63) is 83.9 Å². The quantitative estimate of drug-likeness (QED) is 0.500. The fourth-order valence-electron chi connectivity index (χ4n) is 4.57. The number of aromatic nitrogens is 2. The van der Waals surface area contributed by atoms with E-state index >= 15 is 0 Å². The van der Waals surface area contributed by atoms with Crippen molar-refractivity contribution in [2.45, 2.75) is 30.7 Å². The highest BCUT2D eigenvalue weighted by Gasteiger charge is 2.36. The van der Waals surface area contributed by atoms with E-state index in [2.05, 4.69) is 9.97 Å². The first-order valence-corrected chi connectivity index (χ1v) is 13.0. The van der Waals surface area contributed by atoms with E-state index in [-0.39, 0.29) is 22.8 Å². The van der Waals surface area contributed by atoms with Gasteiger partial charge >= 0.3 is 0 Å². The summed E-state index contributed by atoms with van der Waals surface area (Å²) in [6.07, 6.45) is 5.84. The van der Waals surface area contributed by atoms with Gasteiger partial charge in [-0.25, -0.2) is 8.42 Å². The molecule has 0 spiro atoms. The lowest BCUT2D eigenvalue weighted by molar-refractivity contribution is -0.137. The Labute approximate surface area is 206 Å². The highest BCUT2D eigenvalue weighted by molar-refractivity contribution is 7.89. The van der Waals surface area contributed by atoms with Crippen molar-refractivity contribution in [3.8, 4) is 5.75 Å². The normalized spacial score (nSPS) is 16.0. The minimum atomic E-state index is -3.63. The van der Waals surface area contributed by atoms with Crippen LogP contribution in [0.2, 0.25) is 0 Å². The van der Waals surface area contributed by atoms with Crippen molar-refractivity contribution < 1.29 is 17.9 Å². The second kappa shape index (κ2) is 10.5. The molecule has 2 heterocycles. The standard InChI is InChI=1S/C26H30N4O4S/c1-19-6-4-5-7-23(19)25(24-18-27-14-15-28-24)29(2)26(31)20-12-16-30(17-13-20)35(32,33)22-10-8-21(34-3)9-11-22/h4-11,14-15,18,20,25H,12-13,16-17H2,1-3H3. The van der Waals surface area contributed by atoms with Crippen LogP contribution in [0, 0.1) is 12.8 Å². The summed E-state index contributed by atoms with van der Waals surface area (Å²) in [7, 11) is -0.305. The molecular weight excluding hydrogens is 464 g/mol. The maximum absolute atomic E-state index is 13.6. The number of carbonyl (C=O) groups is 1. The van der Waals surface area contributed by atoms with E-state index in [0.29, 0.717) is 37.4 Å². The lowest BCUT2D eigenvalue weighted by Crippen LogP contribution is -2.44. The van der Waals surface area contributed by atoms with Gasteiger partial charge in [0.15, 0.2) is 0 Å². The second-order valence-corrected chi connectivity index (χ2v) is 10.6. The first-order chi connectivity index (χ1) is 16.8. The lowest BCUT2D eigenvalue weighted by atomic mass is 9.93. The fourth-order valence-corrected chi connectivity index (χ4v) is 6.04. The number of hydrogen-bond acceptors (Lipinski definition) is 6. The molecule has 35 heavy (non-hydrogen) atoms. The summed E-state index contributed by atoms with van der Waals surface area (Å²) in [5.41, 5.74) is 2.74. The van der Waals surface area contributed by atoms with Gasteiger partial charge in [-0.1, -0.05) is 24.3 Å². The molecule has 0 aliphatic carbocycles. The van der Waals surface area contributed by atoms with Gasteiger partial charge < -0.3 is 9.64 Å². The smallest absolute Gasteiger partial charge is 0.243 e. The summed E-state index contributed by atoms with van der Waals surface area (Å²) in [6, 6.07) is 13.9. The molecule has 0 N–H and O–H groups in total. The third-order valence-corrected chi connectivity index (χ3v) is 8.49. The Balaban J connectivity index is 1.50. The Morgan fingerprint density at radius 2 is 1.77 bits per heavy atom. The van der Waals surface area contributed by atoms with Crippen molar-refractivity contribution >= 4 is 15.9 Å². The third-order valence-electron chi connectivity index (χ3n) is 6.58. The predicted molar refractivity (Wildman–Crippen MR) is 132 cm³/mol. The maximum Gasteiger partial charge on any atom is 0.243 e. The molecular formula is C26H30N4O4S. The largest absolute Gasteiger partial charge is 0.497 e. The second-order valence-electron chi connectivity index (χ2n) is 8.69. The van der Waals surface area contributed by atoms with E-state index in [4.69, 9.17) is 4.74 Å². The monoisotopic (exact) mass is 494 g/mol. The molecule has 1 aromatic heterocycles. The van der Waals surface area contributed by atoms with Crippen LogP contribution in [0.4, 0.5) is 0 Å². The molecule has 1 atom stereocenters. The first-order valence-electron chi connectivity index (χ1n) is 11.5. The van der Waals surface area contributed by atoms with Gasteiger partial charge in [0.2, 0.25) is 15.9 Å². The fraction of sp³-hybridized carbons (Fsp3) is 0.346. The zero-order valence-electron chi connectivity index (χ0n) is 20.2. The first kappa shape index (κ1) is 24.8. The van der Waals surface area contributed by atoms with Gasteiger partial charge in [0.25, 0.3) is 0 Å². The average molecular weight is 495 g/mol. The topological polar surface area (TPSA) is 92.7 Å². The molecule has 0 radical (unpaired) electrons. The van der Waals surface area contributed by atoms with Crippen LogP contribution >= 0.6 is 0 Å². The molecule has 9 heteroatoms. The van der Waals surface area contributed by atoms with Gasteiger partial charge in [-0.05, 0) is 55.2 Å². The molecule has 1 unspecified atom stereocenters. The van der Waals surface area contributed by atoms with Crippen LogP contribution in [0.5, 0.6) is 5.75 Å². The van der Waals surface area contributed by atoms with E-state index in [1.165, 1.54) is 11.4 Å². The molecule has 1 amide bonds. The minimum Gasteiger partial charge on any atom is -0.497 e. The highest BCUT2D eigenvalue weighted by Crippen LogP contribution is 2.32. The molecule has 0 saturated carbocycles. The van der Waals surface area contributed by atoms with Crippen LogP contribution in [0.25, 0.3) is 0 Å². The van der Waals surface area contributed by atoms with Gasteiger partial charge in [-0.15, -0.1) is 0 Å². The van der Waals surface area contributed by atoms with E-state index in [0.717, 1.165) is 11.1 Å². The third kappa shape index (κ3) is 5.21. The zero-order chi connectivity index (χ0) is 25.0. The number of ether oxygens (including phenoxy) is 1. The number of hydrogen-bond donors (Lipinski definition) is 0. The molecule has 1 saturated heterocycles. The van der Waals surface area contributed by atoms with E-state index in [9.17, 15) is 13.2 Å². The highest BCUT2D eigenvalue weighted by atomic mass is 32.2. The van der Waals surface area contributed by atoms with Crippen LogP contribution < -0.4 is 4.74 Å². The number of methoxy groups -OCH3 is 1. The van der Waals surface area contributed by atoms with Crippen molar-refractivity contribution in [1.29, 1.82) is 0 Å². The summed E-state index contributed by atoms with van der Waals surface area (Å²) < 4.78 is 32.8. The van der Waals surface area contributed by atoms with Gasteiger partial charge in [0.05, 0.1) is 23.9 Å². The average Bonchev–Trinajstić information content (AvgIpc) is 2.90.